The van der Waals surface area contributed by atoms with E-state index in [0.717, 1.165) is 11.6 Å². The van der Waals surface area contributed by atoms with Crippen LogP contribution < -0.4 is 5.32 Å². The SMILES string of the molecule is CC(=O)NCCc1ccc(C(=O)COC(=O)c2ccccc2F)cc1. The van der Waals surface area contributed by atoms with Crippen molar-refractivity contribution in [2.75, 3.05) is 13.2 Å². The van der Waals surface area contributed by atoms with E-state index in [2.05, 4.69) is 5.32 Å². The molecule has 0 saturated carbocycles. The first-order valence-electron chi connectivity index (χ1n) is 7.75. The van der Waals surface area contributed by atoms with Crippen molar-refractivity contribution >= 4 is 17.7 Å². The van der Waals surface area contributed by atoms with Gasteiger partial charge in [-0.15, -0.1) is 0 Å². The average Bonchev–Trinajstić information content (AvgIpc) is 2.60. The van der Waals surface area contributed by atoms with E-state index in [0.29, 0.717) is 18.5 Å². The minimum Gasteiger partial charge on any atom is -0.454 e. The topological polar surface area (TPSA) is 72.5 Å². The number of hydrogen-bond acceptors (Lipinski definition) is 4. The summed E-state index contributed by atoms with van der Waals surface area (Å²) in [5, 5.41) is 2.69. The quantitative estimate of drug-likeness (QED) is 0.619. The lowest BCUT2D eigenvalue weighted by molar-refractivity contribution is -0.118. The van der Waals surface area contributed by atoms with E-state index in [1.165, 1.54) is 25.1 Å². The lowest BCUT2D eigenvalue weighted by Crippen LogP contribution is -2.22. The molecule has 0 spiro atoms. The van der Waals surface area contributed by atoms with E-state index in [1.54, 1.807) is 24.3 Å². The zero-order valence-electron chi connectivity index (χ0n) is 13.8. The second kappa shape index (κ2) is 8.73. The third kappa shape index (κ3) is 5.53. The molecule has 2 aromatic carbocycles. The third-order valence-electron chi connectivity index (χ3n) is 3.49. The van der Waals surface area contributed by atoms with E-state index >= 15 is 0 Å². The van der Waals surface area contributed by atoms with Crippen molar-refractivity contribution < 1.29 is 23.5 Å². The van der Waals surface area contributed by atoms with Crippen LogP contribution in [0.3, 0.4) is 0 Å². The fourth-order valence-corrected chi connectivity index (χ4v) is 2.16. The van der Waals surface area contributed by atoms with Crippen molar-refractivity contribution in [1.29, 1.82) is 0 Å². The van der Waals surface area contributed by atoms with Gasteiger partial charge in [0.15, 0.2) is 12.4 Å². The molecule has 0 fully saturated rings. The third-order valence-corrected chi connectivity index (χ3v) is 3.49. The summed E-state index contributed by atoms with van der Waals surface area (Å²) in [5.74, 6) is -2.04. The van der Waals surface area contributed by atoms with Gasteiger partial charge in [0.2, 0.25) is 5.91 Å². The molecule has 6 heteroatoms. The van der Waals surface area contributed by atoms with Crippen LogP contribution in [-0.2, 0) is 16.0 Å². The number of esters is 1. The molecule has 1 N–H and O–H groups in total. The molecular weight excluding hydrogens is 325 g/mol. The van der Waals surface area contributed by atoms with E-state index in [9.17, 15) is 18.8 Å². The summed E-state index contributed by atoms with van der Waals surface area (Å²) in [7, 11) is 0. The molecule has 0 atom stereocenters. The first-order valence-corrected chi connectivity index (χ1v) is 7.75. The lowest BCUT2D eigenvalue weighted by Gasteiger charge is -2.06. The maximum absolute atomic E-state index is 13.5. The summed E-state index contributed by atoms with van der Waals surface area (Å²) in [6, 6.07) is 12.2. The first-order chi connectivity index (χ1) is 12.0. The Hall–Kier alpha value is -3.02. The van der Waals surface area contributed by atoms with Gasteiger partial charge in [0.25, 0.3) is 0 Å². The van der Waals surface area contributed by atoms with Gasteiger partial charge < -0.3 is 10.1 Å². The van der Waals surface area contributed by atoms with Gasteiger partial charge >= 0.3 is 5.97 Å². The lowest BCUT2D eigenvalue weighted by atomic mass is 10.1. The number of carbonyl (C=O) groups is 3. The van der Waals surface area contributed by atoms with Crippen LogP contribution in [0.2, 0.25) is 0 Å². The Kier molecular flexibility index (Phi) is 6.39. The number of rotatable bonds is 7. The monoisotopic (exact) mass is 343 g/mol. The molecule has 0 aliphatic rings. The van der Waals surface area contributed by atoms with Crippen LogP contribution >= 0.6 is 0 Å². The van der Waals surface area contributed by atoms with Crippen molar-refractivity contribution in [3.8, 4) is 0 Å². The van der Waals surface area contributed by atoms with Gasteiger partial charge in [-0.3, -0.25) is 9.59 Å². The molecule has 2 aromatic rings. The number of ether oxygens (including phenoxy) is 1. The zero-order chi connectivity index (χ0) is 18.2. The minimum absolute atomic E-state index is 0.0940. The maximum atomic E-state index is 13.5. The van der Waals surface area contributed by atoms with Crippen LogP contribution in [0.1, 0.15) is 33.2 Å². The number of nitrogens with one attached hydrogen (secondary N) is 1. The molecule has 0 unspecified atom stereocenters. The summed E-state index contributed by atoms with van der Waals surface area (Å²) >= 11 is 0. The van der Waals surface area contributed by atoms with Gasteiger partial charge in [0, 0.05) is 19.0 Å². The van der Waals surface area contributed by atoms with Crippen LogP contribution in [0.25, 0.3) is 0 Å². The van der Waals surface area contributed by atoms with Gasteiger partial charge in [-0.25, -0.2) is 9.18 Å². The molecule has 25 heavy (non-hydrogen) atoms. The normalized spacial score (nSPS) is 10.2. The van der Waals surface area contributed by atoms with E-state index in [4.69, 9.17) is 4.74 Å². The molecule has 0 aliphatic heterocycles. The van der Waals surface area contributed by atoms with E-state index in [-0.39, 0.29) is 17.3 Å². The number of halogens is 1. The van der Waals surface area contributed by atoms with Gasteiger partial charge in [0.05, 0.1) is 5.56 Å². The summed E-state index contributed by atoms with van der Waals surface area (Å²) in [4.78, 5) is 34.6. The standard InChI is InChI=1S/C19H18FNO4/c1-13(22)21-11-10-14-6-8-15(9-7-14)18(23)12-25-19(24)16-4-2-3-5-17(16)20/h2-9H,10-12H2,1H3,(H,21,22). The van der Waals surface area contributed by atoms with Crippen LogP contribution in [0.5, 0.6) is 0 Å². The number of Topliss-reactive ketones (excluding diaryl/α,β-unsaturated/α-hetero) is 1. The number of ketones is 1. The summed E-state index contributed by atoms with van der Waals surface area (Å²) in [6.45, 7) is 1.51. The average molecular weight is 343 g/mol. The molecule has 0 bridgehead atoms. The van der Waals surface area contributed by atoms with Gasteiger partial charge in [0.1, 0.15) is 5.82 Å². The number of amides is 1. The fourth-order valence-electron chi connectivity index (χ4n) is 2.16. The minimum atomic E-state index is -0.877. The Morgan fingerprint density at radius 1 is 1.04 bits per heavy atom. The molecule has 1 amide bonds. The molecule has 130 valence electrons. The van der Waals surface area contributed by atoms with Crippen molar-refractivity contribution in [3.05, 3.63) is 71.0 Å². The van der Waals surface area contributed by atoms with Crippen LogP contribution in [-0.4, -0.2) is 30.8 Å². The maximum Gasteiger partial charge on any atom is 0.341 e. The second-order valence-electron chi connectivity index (χ2n) is 5.41. The van der Waals surface area contributed by atoms with E-state index < -0.39 is 18.4 Å². The highest BCUT2D eigenvalue weighted by molar-refractivity contribution is 5.99. The first kappa shape index (κ1) is 18.3. The highest BCUT2D eigenvalue weighted by Crippen LogP contribution is 2.10. The predicted molar refractivity (Wildman–Crippen MR) is 89.8 cm³/mol. The Bertz CT molecular complexity index is 771. The molecule has 0 aliphatic carbocycles. The molecule has 0 aromatic heterocycles. The molecule has 2 rings (SSSR count). The zero-order valence-corrected chi connectivity index (χ0v) is 13.8. The number of hydrogen-bond donors (Lipinski definition) is 1. The molecule has 0 saturated heterocycles. The molecule has 5 nitrogen and oxygen atoms in total. The van der Waals surface area contributed by atoms with Gasteiger partial charge in [-0.05, 0) is 24.1 Å². The predicted octanol–water partition coefficient (Wildman–Crippen LogP) is 2.54. The van der Waals surface area contributed by atoms with Crippen LogP contribution in [0.4, 0.5) is 4.39 Å². The van der Waals surface area contributed by atoms with Crippen molar-refractivity contribution in [2.24, 2.45) is 0 Å². The van der Waals surface area contributed by atoms with Crippen molar-refractivity contribution in [3.63, 3.8) is 0 Å². The second-order valence-corrected chi connectivity index (χ2v) is 5.41. The molecule has 0 radical (unpaired) electrons. The fraction of sp³-hybridized carbons (Fsp3) is 0.211. The summed E-state index contributed by atoms with van der Waals surface area (Å²) in [6.07, 6.45) is 0.649. The number of carbonyl (C=O) groups excluding carboxylic acids is 3. The Morgan fingerprint density at radius 3 is 2.36 bits per heavy atom. The highest BCUT2D eigenvalue weighted by atomic mass is 19.1. The largest absolute Gasteiger partial charge is 0.454 e. The van der Waals surface area contributed by atoms with Crippen LogP contribution in [0, 0.1) is 5.82 Å². The summed E-state index contributed by atoms with van der Waals surface area (Å²) in [5.41, 5.74) is 1.15. The smallest absolute Gasteiger partial charge is 0.341 e. The van der Waals surface area contributed by atoms with Crippen molar-refractivity contribution in [1.82, 2.24) is 5.32 Å². The van der Waals surface area contributed by atoms with Gasteiger partial charge in [-0.2, -0.15) is 0 Å². The molecular formula is C19H18FNO4. The van der Waals surface area contributed by atoms with Crippen molar-refractivity contribution in [2.45, 2.75) is 13.3 Å². The Morgan fingerprint density at radius 2 is 1.72 bits per heavy atom. The Labute approximate surface area is 144 Å². The highest BCUT2D eigenvalue weighted by Gasteiger charge is 2.15. The van der Waals surface area contributed by atoms with Crippen LogP contribution in [0.15, 0.2) is 48.5 Å². The van der Waals surface area contributed by atoms with Gasteiger partial charge in [-0.1, -0.05) is 36.4 Å². The number of benzene rings is 2. The summed E-state index contributed by atoms with van der Waals surface area (Å²) < 4.78 is 18.3. The van der Waals surface area contributed by atoms with E-state index in [1.807, 2.05) is 0 Å². The Balaban J connectivity index is 1.87. The molecule has 0 heterocycles.